The second-order valence-electron chi connectivity index (χ2n) is 15.2. The Balaban J connectivity index is 1.30. The largest absolute Gasteiger partial charge is 0.472 e. The molecular formula is C50H37NO. The van der Waals surface area contributed by atoms with Gasteiger partial charge in [-0.2, -0.15) is 0 Å². The lowest BCUT2D eigenvalue weighted by atomic mass is 9.67. The van der Waals surface area contributed by atoms with Crippen molar-refractivity contribution in [1.29, 1.82) is 0 Å². The van der Waals surface area contributed by atoms with Crippen molar-refractivity contribution < 1.29 is 4.74 Å². The maximum atomic E-state index is 7.73. The van der Waals surface area contributed by atoms with Crippen molar-refractivity contribution >= 4 is 44.1 Å². The first-order valence-corrected chi connectivity index (χ1v) is 18.3. The van der Waals surface area contributed by atoms with Crippen LogP contribution in [-0.2, 0) is 11.0 Å². The molecule has 1 aliphatic heterocycles. The molecule has 8 aromatic rings. The van der Waals surface area contributed by atoms with Crippen LogP contribution in [0.2, 0.25) is 0 Å². The Morgan fingerprint density at radius 1 is 0.558 bits per heavy atom. The zero-order valence-corrected chi connectivity index (χ0v) is 29.8. The maximum absolute atomic E-state index is 7.73. The lowest BCUT2D eigenvalue weighted by Gasteiger charge is -2.39. The van der Waals surface area contributed by atoms with Crippen molar-refractivity contribution in [1.82, 2.24) is 0 Å². The van der Waals surface area contributed by atoms with Crippen LogP contribution in [0.5, 0.6) is 5.75 Å². The first-order chi connectivity index (χ1) is 25.4. The Labute approximate surface area is 304 Å². The Bertz CT molecular complexity index is 2800. The van der Waals surface area contributed by atoms with Gasteiger partial charge in [0.1, 0.15) is 5.75 Å². The molecule has 0 saturated heterocycles. The van der Waals surface area contributed by atoms with Gasteiger partial charge in [-0.15, -0.1) is 0 Å². The van der Waals surface area contributed by atoms with Gasteiger partial charge in [-0.05, 0) is 98.4 Å². The summed E-state index contributed by atoms with van der Waals surface area (Å²) in [6, 6.07) is 52.1. The summed E-state index contributed by atoms with van der Waals surface area (Å²) < 4.78 is 7.73. The molecule has 0 aromatic heterocycles. The number of nitrogens with zero attached hydrogens (tertiary/aromatic N) is 1. The topological polar surface area (TPSA) is 12.5 Å². The lowest BCUT2D eigenvalue weighted by Crippen LogP contribution is -2.35. The Kier molecular flexibility index (Phi) is 5.83. The van der Waals surface area contributed by atoms with Crippen molar-refractivity contribution in [3.8, 4) is 16.9 Å². The highest BCUT2D eigenvalue weighted by atomic mass is 16.5. The molecule has 0 fully saturated rings. The van der Waals surface area contributed by atoms with Gasteiger partial charge in [0, 0.05) is 41.9 Å². The van der Waals surface area contributed by atoms with Gasteiger partial charge in [0.05, 0.1) is 5.41 Å². The highest BCUT2D eigenvalue weighted by Crippen LogP contribution is 2.66. The molecule has 2 nitrogen and oxygen atoms in total. The first-order valence-electron chi connectivity index (χ1n) is 18.3. The van der Waals surface area contributed by atoms with E-state index in [1.165, 1.54) is 77.0 Å². The van der Waals surface area contributed by atoms with E-state index in [4.69, 9.17) is 4.74 Å². The minimum Gasteiger partial charge on any atom is -0.472 e. The van der Waals surface area contributed by atoms with Crippen molar-refractivity contribution in [2.75, 3.05) is 19.0 Å². The summed E-state index contributed by atoms with van der Waals surface area (Å²) >= 11 is 0. The van der Waals surface area contributed by atoms with Gasteiger partial charge in [0.15, 0.2) is 5.60 Å². The van der Waals surface area contributed by atoms with Crippen LogP contribution in [0, 0.1) is 13.8 Å². The van der Waals surface area contributed by atoms with Crippen LogP contribution >= 0.6 is 0 Å². The fourth-order valence-corrected chi connectivity index (χ4v) is 9.90. The minimum atomic E-state index is -0.822. The van der Waals surface area contributed by atoms with E-state index in [0.29, 0.717) is 0 Å². The average Bonchev–Trinajstić information content (AvgIpc) is 3.65. The number of ether oxygens (including phenoxy) is 1. The van der Waals surface area contributed by atoms with Gasteiger partial charge < -0.3 is 9.64 Å². The fraction of sp³-hybridized carbons (Fsp3) is 0.120. The number of fused-ring (bicyclic) bond motifs is 12. The molecule has 0 radical (unpaired) electrons. The van der Waals surface area contributed by atoms with Crippen LogP contribution in [0.3, 0.4) is 0 Å². The van der Waals surface area contributed by atoms with Gasteiger partial charge in [0.25, 0.3) is 0 Å². The second kappa shape index (κ2) is 10.2. The van der Waals surface area contributed by atoms with Crippen molar-refractivity contribution in [3.63, 3.8) is 0 Å². The van der Waals surface area contributed by atoms with Crippen LogP contribution in [-0.4, -0.2) is 14.1 Å². The zero-order valence-electron chi connectivity index (χ0n) is 29.8. The van der Waals surface area contributed by atoms with E-state index in [9.17, 15) is 0 Å². The van der Waals surface area contributed by atoms with Crippen LogP contribution in [0.4, 0.5) is 5.69 Å². The van der Waals surface area contributed by atoms with E-state index >= 15 is 0 Å². The molecule has 248 valence electrons. The summed E-state index contributed by atoms with van der Waals surface area (Å²) in [4.78, 5) is 2.14. The quantitative estimate of drug-likeness (QED) is 0.174. The van der Waals surface area contributed by atoms with E-state index in [-0.39, 0.29) is 0 Å². The number of benzene rings is 8. The van der Waals surface area contributed by atoms with E-state index in [1.807, 2.05) is 0 Å². The molecule has 2 heteroatoms. The molecule has 0 bridgehead atoms. The summed E-state index contributed by atoms with van der Waals surface area (Å²) in [5, 5.41) is 7.70. The van der Waals surface area contributed by atoms with Gasteiger partial charge >= 0.3 is 0 Å². The zero-order chi connectivity index (χ0) is 34.9. The van der Waals surface area contributed by atoms with Gasteiger partial charge in [-0.3, -0.25) is 0 Å². The summed E-state index contributed by atoms with van der Waals surface area (Å²) in [7, 11) is 4.17. The predicted octanol–water partition coefficient (Wildman–Crippen LogP) is 11.9. The van der Waals surface area contributed by atoms with Gasteiger partial charge in [-0.25, -0.2) is 0 Å². The number of rotatable bonds is 3. The van der Waals surface area contributed by atoms with Crippen LogP contribution < -0.4 is 9.64 Å². The van der Waals surface area contributed by atoms with Crippen LogP contribution in [0.25, 0.3) is 49.5 Å². The van der Waals surface area contributed by atoms with Gasteiger partial charge in [0.2, 0.25) is 0 Å². The molecule has 1 spiro atoms. The SMILES string of the molecule is Cc1ccc2c(c1)C1(c3c4c(c5cc(C)ccc5c3-2)OC(c2ccccc2)(c2ccc(N(C)C)cc2)C=C4)c2cccc3ccc4cccc1c4c23. The first kappa shape index (κ1) is 29.6. The summed E-state index contributed by atoms with van der Waals surface area (Å²) in [6.07, 6.45) is 4.72. The fourth-order valence-electron chi connectivity index (χ4n) is 9.90. The van der Waals surface area contributed by atoms with E-state index in [1.54, 1.807) is 0 Å². The number of aryl methyl sites for hydroxylation is 2. The third-order valence-electron chi connectivity index (χ3n) is 12.1. The highest BCUT2D eigenvalue weighted by Gasteiger charge is 2.54. The molecule has 0 N–H and O–H groups in total. The summed E-state index contributed by atoms with van der Waals surface area (Å²) in [6.45, 7) is 4.42. The molecule has 8 aromatic carbocycles. The molecule has 3 aliphatic rings. The van der Waals surface area contributed by atoms with Crippen LogP contribution in [0.15, 0.2) is 146 Å². The lowest BCUT2D eigenvalue weighted by molar-refractivity contribution is 0.163. The molecule has 1 unspecified atom stereocenters. The molecule has 0 amide bonds. The monoisotopic (exact) mass is 667 g/mol. The molecule has 0 saturated carbocycles. The maximum Gasteiger partial charge on any atom is 0.178 e. The Morgan fingerprint density at radius 2 is 1.21 bits per heavy atom. The minimum absolute atomic E-state index is 0.504. The Morgan fingerprint density at radius 3 is 1.90 bits per heavy atom. The average molecular weight is 668 g/mol. The third-order valence-corrected chi connectivity index (χ3v) is 12.1. The molecule has 11 rings (SSSR count). The van der Waals surface area contributed by atoms with E-state index in [0.717, 1.165) is 28.0 Å². The van der Waals surface area contributed by atoms with Gasteiger partial charge in [-0.1, -0.05) is 139 Å². The smallest absolute Gasteiger partial charge is 0.178 e. The highest BCUT2D eigenvalue weighted by molar-refractivity contribution is 6.19. The van der Waals surface area contributed by atoms with Crippen molar-refractivity contribution in [3.05, 3.63) is 196 Å². The summed E-state index contributed by atoms with van der Waals surface area (Å²) in [5.41, 5.74) is 13.7. The van der Waals surface area contributed by atoms with Crippen molar-refractivity contribution in [2.24, 2.45) is 0 Å². The predicted molar refractivity (Wildman–Crippen MR) is 217 cm³/mol. The molecule has 1 heterocycles. The molecular weight excluding hydrogens is 631 g/mol. The second-order valence-corrected chi connectivity index (χ2v) is 15.2. The van der Waals surface area contributed by atoms with Crippen LogP contribution in [0.1, 0.15) is 50.1 Å². The molecule has 52 heavy (non-hydrogen) atoms. The number of hydrogen-bond donors (Lipinski definition) is 0. The number of hydrogen-bond acceptors (Lipinski definition) is 2. The molecule has 1 atom stereocenters. The number of anilines is 1. The normalized spacial score (nSPS) is 17.2. The standard InChI is InChI=1S/C50H37NO/c1-30-16-24-37-40(28-30)48-39(26-27-49(52-48,34-12-6-5-7-13-34)35-20-22-36(23-21-35)51(3)4)47-46(37)38-25-17-31(2)29-43(38)50(47)41-14-8-10-32-18-19-33-11-9-15-42(50)45(33)44(32)41/h5-29H,1-4H3. The van der Waals surface area contributed by atoms with Crippen molar-refractivity contribution in [2.45, 2.75) is 24.9 Å². The molecule has 2 aliphatic carbocycles. The van der Waals surface area contributed by atoms with E-state index in [2.05, 4.69) is 185 Å². The Hall–Kier alpha value is -6.12. The van der Waals surface area contributed by atoms with E-state index < -0.39 is 11.0 Å². The third kappa shape index (κ3) is 3.59. The summed E-state index contributed by atoms with van der Waals surface area (Å²) in [5.74, 6) is 0.944.